The van der Waals surface area contributed by atoms with E-state index in [4.69, 9.17) is 16.3 Å². The highest BCUT2D eigenvalue weighted by Gasteiger charge is 2.37. The van der Waals surface area contributed by atoms with Crippen molar-refractivity contribution >= 4 is 17.7 Å². The second kappa shape index (κ2) is 7.70. The lowest BCUT2D eigenvalue weighted by Gasteiger charge is -2.39. The first kappa shape index (κ1) is 18.5. The topological polar surface area (TPSA) is 12.5 Å². The number of piperidine rings is 1. The van der Waals surface area contributed by atoms with Gasteiger partial charge in [0.2, 0.25) is 0 Å². The summed E-state index contributed by atoms with van der Waals surface area (Å²) in [6, 6.07) is 24.7. The lowest BCUT2D eigenvalue weighted by Crippen LogP contribution is -2.40. The number of hydrogen-bond acceptors (Lipinski definition) is 2. The Balaban J connectivity index is 1.23. The number of hydrogen-bond donors (Lipinski definition) is 0. The molecule has 1 aliphatic heterocycles. The summed E-state index contributed by atoms with van der Waals surface area (Å²) in [4.78, 5) is 2.56. The van der Waals surface area contributed by atoms with Crippen molar-refractivity contribution in [3.63, 3.8) is 0 Å². The van der Waals surface area contributed by atoms with E-state index < -0.39 is 0 Å². The third kappa shape index (κ3) is 3.83. The van der Waals surface area contributed by atoms with E-state index in [9.17, 15) is 0 Å². The van der Waals surface area contributed by atoms with Crippen LogP contribution < -0.4 is 4.74 Å². The molecule has 5 rings (SSSR count). The highest BCUT2D eigenvalue weighted by molar-refractivity contribution is 6.30. The second-order valence-electron chi connectivity index (χ2n) is 8.06. The number of halogens is 1. The second-order valence-corrected chi connectivity index (χ2v) is 8.49. The van der Waals surface area contributed by atoms with Crippen LogP contribution in [-0.2, 0) is 12.0 Å². The maximum absolute atomic E-state index is 5.99. The molecule has 0 aromatic heterocycles. The molecule has 0 amide bonds. The van der Waals surface area contributed by atoms with Gasteiger partial charge >= 0.3 is 0 Å². The fourth-order valence-electron chi connectivity index (χ4n) is 4.59. The van der Waals surface area contributed by atoms with Crippen molar-refractivity contribution in [2.75, 3.05) is 13.1 Å². The van der Waals surface area contributed by atoms with Crippen LogP contribution in [0.25, 0.3) is 6.08 Å². The molecule has 2 nitrogen and oxygen atoms in total. The van der Waals surface area contributed by atoms with Crippen molar-refractivity contribution < 1.29 is 4.74 Å². The number of benzene rings is 3. The molecular formula is C26H24ClNO. The summed E-state index contributed by atoms with van der Waals surface area (Å²) in [6.45, 7) is 3.18. The zero-order valence-electron chi connectivity index (χ0n) is 16.4. The van der Waals surface area contributed by atoms with Crippen molar-refractivity contribution in [2.24, 2.45) is 0 Å². The van der Waals surface area contributed by atoms with Crippen LogP contribution in [0.4, 0.5) is 0 Å². The number of rotatable bonds is 4. The van der Waals surface area contributed by atoms with Crippen LogP contribution in [0.1, 0.15) is 29.5 Å². The number of fused-ring (bicyclic) bond motifs is 2. The third-order valence-electron chi connectivity index (χ3n) is 6.18. The summed E-state index contributed by atoms with van der Waals surface area (Å²) in [5.41, 5.74) is 4.44. The van der Waals surface area contributed by atoms with Gasteiger partial charge in [-0.1, -0.05) is 60.2 Å². The molecule has 0 unspecified atom stereocenters. The summed E-state index contributed by atoms with van der Waals surface area (Å²) in [6.07, 6.45) is 7.11. The zero-order valence-corrected chi connectivity index (χ0v) is 17.1. The highest BCUT2D eigenvalue weighted by Crippen LogP contribution is 2.43. The van der Waals surface area contributed by atoms with Gasteiger partial charge < -0.3 is 4.74 Å². The van der Waals surface area contributed by atoms with Crippen LogP contribution in [-0.4, -0.2) is 18.0 Å². The molecule has 1 aliphatic carbocycles. The molecule has 0 bridgehead atoms. The Bertz CT molecular complexity index is 1030. The van der Waals surface area contributed by atoms with E-state index in [1.807, 2.05) is 30.3 Å². The van der Waals surface area contributed by atoms with Crippen LogP contribution in [0.5, 0.6) is 11.5 Å². The quantitative estimate of drug-likeness (QED) is 0.482. The molecule has 1 fully saturated rings. The van der Waals surface area contributed by atoms with Crippen molar-refractivity contribution in [1.29, 1.82) is 0 Å². The molecule has 146 valence electrons. The maximum Gasteiger partial charge on any atom is 0.127 e. The summed E-state index contributed by atoms with van der Waals surface area (Å²) in [7, 11) is 0. The van der Waals surface area contributed by atoms with E-state index >= 15 is 0 Å². The zero-order chi connectivity index (χ0) is 19.7. The van der Waals surface area contributed by atoms with E-state index in [2.05, 4.69) is 59.5 Å². The Hall–Kier alpha value is -2.55. The summed E-state index contributed by atoms with van der Waals surface area (Å²) in [5, 5.41) is 0.716. The molecule has 0 N–H and O–H groups in total. The Labute approximate surface area is 177 Å². The monoisotopic (exact) mass is 401 g/mol. The molecule has 3 heteroatoms. The normalized spacial score (nSPS) is 17.4. The lowest BCUT2D eigenvalue weighted by molar-refractivity contribution is 0.177. The Morgan fingerprint density at radius 1 is 0.862 bits per heavy atom. The van der Waals surface area contributed by atoms with Crippen LogP contribution in [0, 0.1) is 0 Å². The maximum atomic E-state index is 5.99. The van der Waals surface area contributed by atoms with E-state index in [0.717, 1.165) is 31.1 Å². The van der Waals surface area contributed by atoms with Crippen LogP contribution in [0.3, 0.4) is 0 Å². The lowest BCUT2D eigenvalue weighted by atomic mass is 9.74. The minimum atomic E-state index is 0.243. The molecule has 2 aliphatic rings. The Kier molecular flexibility index (Phi) is 4.91. The highest BCUT2D eigenvalue weighted by atomic mass is 35.5. The smallest absolute Gasteiger partial charge is 0.127 e. The molecule has 29 heavy (non-hydrogen) atoms. The first-order valence-corrected chi connectivity index (χ1v) is 10.6. The standard InChI is InChI=1S/C26H24ClNO/c27-22-8-10-23(11-9-22)29-24-6-3-4-20(18-24)19-28-16-14-26(15-17-28)13-12-21-5-1-2-7-25(21)26/h1-13,18H,14-17,19H2. The first-order valence-electron chi connectivity index (χ1n) is 10.2. The SMILES string of the molecule is Clc1ccc(Oc2cccc(CN3CCC4(C=Cc5ccccc54)CC3)c2)cc1. The molecule has 0 saturated carbocycles. The van der Waals surface area contributed by atoms with Crippen LogP contribution in [0.2, 0.25) is 5.02 Å². The van der Waals surface area contributed by atoms with Gasteiger partial charge in [-0.15, -0.1) is 0 Å². The number of likely N-dealkylation sites (tertiary alicyclic amines) is 1. The van der Waals surface area contributed by atoms with Gasteiger partial charge in [-0.25, -0.2) is 0 Å². The minimum absolute atomic E-state index is 0.243. The fraction of sp³-hybridized carbons (Fsp3) is 0.231. The van der Waals surface area contributed by atoms with Crippen molar-refractivity contribution in [3.05, 3.63) is 101 Å². The van der Waals surface area contributed by atoms with E-state index in [-0.39, 0.29) is 5.41 Å². The predicted octanol–water partition coefficient (Wildman–Crippen LogP) is 6.69. The number of allylic oxidation sites excluding steroid dienone is 1. The fourth-order valence-corrected chi connectivity index (χ4v) is 4.71. The number of ether oxygens (including phenoxy) is 1. The molecule has 3 aromatic carbocycles. The van der Waals surface area contributed by atoms with Gasteiger partial charge in [0.05, 0.1) is 0 Å². The Morgan fingerprint density at radius 3 is 2.48 bits per heavy atom. The molecular weight excluding hydrogens is 378 g/mol. The summed E-state index contributed by atoms with van der Waals surface area (Å²) < 4.78 is 5.99. The molecule has 0 atom stereocenters. The minimum Gasteiger partial charge on any atom is -0.457 e. The van der Waals surface area contributed by atoms with Gasteiger partial charge in [-0.05, 0) is 79.0 Å². The molecule has 0 radical (unpaired) electrons. The third-order valence-corrected chi connectivity index (χ3v) is 6.43. The first-order chi connectivity index (χ1) is 14.2. The van der Waals surface area contributed by atoms with E-state index in [1.165, 1.54) is 29.5 Å². The van der Waals surface area contributed by atoms with Crippen LogP contribution in [0.15, 0.2) is 78.9 Å². The van der Waals surface area contributed by atoms with Gasteiger partial charge in [0.1, 0.15) is 11.5 Å². The summed E-state index contributed by atoms with van der Waals surface area (Å²) >= 11 is 5.96. The van der Waals surface area contributed by atoms with Crippen molar-refractivity contribution in [1.82, 2.24) is 4.90 Å². The average molecular weight is 402 g/mol. The van der Waals surface area contributed by atoms with Gasteiger partial charge in [0.15, 0.2) is 0 Å². The average Bonchev–Trinajstić information content (AvgIpc) is 3.10. The Morgan fingerprint density at radius 2 is 1.66 bits per heavy atom. The molecule has 1 spiro atoms. The molecule has 1 saturated heterocycles. The largest absolute Gasteiger partial charge is 0.457 e. The number of nitrogens with zero attached hydrogens (tertiary/aromatic N) is 1. The van der Waals surface area contributed by atoms with Crippen molar-refractivity contribution in [3.8, 4) is 11.5 Å². The van der Waals surface area contributed by atoms with Gasteiger partial charge in [-0.2, -0.15) is 0 Å². The van der Waals surface area contributed by atoms with Gasteiger partial charge in [0.25, 0.3) is 0 Å². The van der Waals surface area contributed by atoms with Crippen molar-refractivity contribution in [2.45, 2.75) is 24.8 Å². The van der Waals surface area contributed by atoms with Gasteiger partial charge in [-0.3, -0.25) is 4.90 Å². The van der Waals surface area contributed by atoms with Gasteiger partial charge in [0, 0.05) is 17.0 Å². The summed E-state index contributed by atoms with van der Waals surface area (Å²) in [5.74, 6) is 1.67. The van der Waals surface area contributed by atoms with Crippen LogP contribution >= 0.6 is 11.6 Å². The van der Waals surface area contributed by atoms with E-state index in [0.29, 0.717) is 5.02 Å². The molecule has 1 heterocycles. The van der Waals surface area contributed by atoms with E-state index in [1.54, 1.807) is 0 Å². The predicted molar refractivity (Wildman–Crippen MR) is 120 cm³/mol. The molecule has 3 aromatic rings.